The zero-order chi connectivity index (χ0) is 14.8. The zero-order valence-electron chi connectivity index (χ0n) is 11.8. The fourth-order valence-corrected chi connectivity index (χ4v) is 2.19. The monoisotopic (exact) mass is 281 g/mol. The molecule has 0 spiro atoms. The van der Waals surface area contributed by atoms with Crippen LogP contribution in [0.25, 0.3) is 10.8 Å². The fraction of sp³-hybridized carbons (Fsp3) is 0.133. The van der Waals surface area contributed by atoms with Crippen LogP contribution < -0.4 is 10.6 Å². The number of aromatic nitrogens is 3. The number of rotatable bonds is 3. The van der Waals surface area contributed by atoms with Crippen LogP contribution in [0.1, 0.15) is 10.5 Å². The molecule has 106 valence electrons. The molecule has 2 heterocycles. The average molecular weight is 281 g/mol. The number of fused-ring (bicyclic) bond motifs is 1. The third kappa shape index (κ3) is 2.55. The summed E-state index contributed by atoms with van der Waals surface area (Å²) in [5.41, 5.74) is 1.00. The molecule has 0 bridgehead atoms. The number of carbonyl (C=O) groups excluding carboxylic acids is 1. The third-order valence-corrected chi connectivity index (χ3v) is 3.17. The molecular weight excluding hydrogens is 266 g/mol. The molecule has 1 aromatic carbocycles. The molecule has 0 fully saturated rings. The second-order valence-corrected chi connectivity index (χ2v) is 4.68. The van der Waals surface area contributed by atoms with Crippen molar-refractivity contribution in [2.75, 3.05) is 17.7 Å². The van der Waals surface area contributed by atoms with Gasteiger partial charge in [-0.3, -0.25) is 9.48 Å². The summed E-state index contributed by atoms with van der Waals surface area (Å²) >= 11 is 0. The van der Waals surface area contributed by atoms with Crippen molar-refractivity contribution < 1.29 is 4.79 Å². The Bertz CT molecular complexity index is 809. The number of anilines is 2. The number of pyridine rings is 1. The standard InChI is InChI=1S/C15H15N5O/c1-16-14-12-6-4-3-5-10(12)7-13(19-14)15(21)18-11-8-17-20(2)9-11/h3-9H,1-2H3,(H,16,19)(H,18,21). The summed E-state index contributed by atoms with van der Waals surface area (Å²) in [7, 11) is 3.58. The van der Waals surface area contributed by atoms with Gasteiger partial charge < -0.3 is 10.6 Å². The predicted molar refractivity (Wildman–Crippen MR) is 82.5 cm³/mol. The highest BCUT2D eigenvalue weighted by molar-refractivity contribution is 6.06. The van der Waals surface area contributed by atoms with Crippen molar-refractivity contribution in [1.29, 1.82) is 0 Å². The highest BCUT2D eigenvalue weighted by Gasteiger charge is 2.12. The smallest absolute Gasteiger partial charge is 0.274 e. The maximum atomic E-state index is 12.3. The third-order valence-electron chi connectivity index (χ3n) is 3.17. The van der Waals surface area contributed by atoms with Crippen molar-refractivity contribution in [3.63, 3.8) is 0 Å². The predicted octanol–water partition coefficient (Wildman–Crippen LogP) is 2.26. The summed E-state index contributed by atoms with van der Waals surface area (Å²) in [5, 5.41) is 11.8. The van der Waals surface area contributed by atoms with Crippen LogP contribution in [0.2, 0.25) is 0 Å². The largest absolute Gasteiger partial charge is 0.373 e. The number of amides is 1. The van der Waals surface area contributed by atoms with Crippen LogP contribution in [0.5, 0.6) is 0 Å². The lowest BCUT2D eigenvalue weighted by atomic mass is 10.1. The molecular formula is C15H15N5O. The molecule has 3 aromatic rings. The van der Waals surface area contributed by atoms with Crippen molar-refractivity contribution in [1.82, 2.24) is 14.8 Å². The van der Waals surface area contributed by atoms with E-state index in [1.165, 1.54) is 0 Å². The first-order valence-corrected chi connectivity index (χ1v) is 6.55. The molecule has 2 N–H and O–H groups in total. The highest BCUT2D eigenvalue weighted by atomic mass is 16.1. The topological polar surface area (TPSA) is 71.8 Å². The second kappa shape index (κ2) is 5.24. The van der Waals surface area contributed by atoms with Gasteiger partial charge in [0.1, 0.15) is 11.5 Å². The molecule has 0 saturated heterocycles. The van der Waals surface area contributed by atoms with E-state index in [1.807, 2.05) is 24.3 Å². The molecule has 1 amide bonds. The first kappa shape index (κ1) is 13.1. The molecule has 0 aliphatic heterocycles. The van der Waals surface area contributed by atoms with Crippen LogP contribution in [0.3, 0.4) is 0 Å². The van der Waals surface area contributed by atoms with Gasteiger partial charge in [-0.25, -0.2) is 4.98 Å². The number of hydrogen-bond acceptors (Lipinski definition) is 4. The number of nitrogens with one attached hydrogen (secondary N) is 2. The van der Waals surface area contributed by atoms with Crippen LogP contribution in [-0.2, 0) is 7.05 Å². The Morgan fingerprint density at radius 3 is 2.81 bits per heavy atom. The van der Waals surface area contributed by atoms with E-state index in [1.54, 1.807) is 37.2 Å². The van der Waals surface area contributed by atoms with Crippen LogP contribution in [0, 0.1) is 0 Å². The molecule has 0 aliphatic carbocycles. The van der Waals surface area contributed by atoms with Crippen LogP contribution in [-0.4, -0.2) is 27.7 Å². The minimum atomic E-state index is -0.259. The van der Waals surface area contributed by atoms with Crippen LogP contribution >= 0.6 is 0 Å². The van der Waals surface area contributed by atoms with E-state index in [9.17, 15) is 4.79 Å². The van der Waals surface area contributed by atoms with E-state index in [0.29, 0.717) is 17.2 Å². The van der Waals surface area contributed by atoms with Gasteiger partial charge in [0, 0.05) is 25.7 Å². The van der Waals surface area contributed by atoms with Gasteiger partial charge in [0.05, 0.1) is 11.9 Å². The Labute approximate surface area is 121 Å². The fourth-order valence-electron chi connectivity index (χ4n) is 2.19. The molecule has 0 saturated carbocycles. The molecule has 6 heteroatoms. The van der Waals surface area contributed by atoms with Crippen LogP contribution in [0.4, 0.5) is 11.5 Å². The Morgan fingerprint density at radius 1 is 1.29 bits per heavy atom. The van der Waals surface area contributed by atoms with Gasteiger partial charge in [-0.1, -0.05) is 24.3 Å². The lowest BCUT2D eigenvalue weighted by Crippen LogP contribution is -2.14. The molecule has 0 unspecified atom stereocenters. The Kier molecular flexibility index (Phi) is 3.27. The average Bonchev–Trinajstić information content (AvgIpc) is 2.91. The Balaban J connectivity index is 1.98. The minimum Gasteiger partial charge on any atom is -0.373 e. The summed E-state index contributed by atoms with van der Waals surface area (Å²) in [6.45, 7) is 0. The van der Waals surface area contributed by atoms with E-state index in [4.69, 9.17) is 0 Å². The molecule has 2 aromatic heterocycles. The molecule has 6 nitrogen and oxygen atoms in total. The first-order valence-electron chi connectivity index (χ1n) is 6.55. The molecule has 0 atom stereocenters. The van der Waals surface area contributed by atoms with E-state index in [-0.39, 0.29) is 5.91 Å². The zero-order valence-corrected chi connectivity index (χ0v) is 11.8. The van der Waals surface area contributed by atoms with Crippen molar-refractivity contribution in [3.05, 3.63) is 48.4 Å². The second-order valence-electron chi connectivity index (χ2n) is 4.68. The van der Waals surface area contributed by atoms with Gasteiger partial charge in [0.2, 0.25) is 0 Å². The van der Waals surface area contributed by atoms with E-state index >= 15 is 0 Å². The number of carbonyl (C=O) groups is 1. The lowest BCUT2D eigenvalue weighted by molar-refractivity contribution is 0.102. The molecule has 0 aliphatic rings. The molecule has 0 radical (unpaired) electrons. The normalized spacial score (nSPS) is 10.6. The summed E-state index contributed by atoms with van der Waals surface area (Å²) in [6.07, 6.45) is 3.33. The number of aryl methyl sites for hydroxylation is 1. The summed E-state index contributed by atoms with van der Waals surface area (Å²) < 4.78 is 1.63. The van der Waals surface area contributed by atoms with Gasteiger partial charge in [-0.15, -0.1) is 0 Å². The number of hydrogen-bond donors (Lipinski definition) is 2. The van der Waals surface area contributed by atoms with Gasteiger partial charge in [0.25, 0.3) is 5.91 Å². The summed E-state index contributed by atoms with van der Waals surface area (Å²) in [4.78, 5) is 16.7. The maximum Gasteiger partial charge on any atom is 0.274 e. The number of benzene rings is 1. The SMILES string of the molecule is CNc1nc(C(=O)Nc2cnn(C)c2)cc2ccccc12. The van der Waals surface area contributed by atoms with Gasteiger partial charge in [-0.05, 0) is 11.5 Å². The Morgan fingerprint density at radius 2 is 2.10 bits per heavy atom. The van der Waals surface area contributed by atoms with Crippen molar-refractivity contribution >= 4 is 28.2 Å². The van der Waals surface area contributed by atoms with Crippen molar-refractivity contribution in [2.24, 2.45) is 7.05 Å². The van der Waals surface area contributed by atoms with Gasteiger partial charge >= 0.3 is 0 Å². The number of nitrogens with zero attached hydrogens (tertiary/aromatic N) is 3. The lowest BCUT2D eigenvalue weighted by Gasteiger charge is -2.08. The van der Waals surface area contributed by atoms with Crippen molar-refractivity contribution in [3.8, 4) is 0 Å². The van der Waals surface area contributed by atoms with E-state index < -0.39 is 0 Å². The summed E-state index contributed by atoms with van der Waals surface area (Å²) in [6, 6.07) is 9.59. The quantitative estimate of drug-likeness (QED) is 0.772. The minimum absolute atomic E-state index is 0.259. The van der Waals surface area contributed by atoms with Gasteiger partial charge in [-0.2, -0.15) is 5.10 Å². The van der Waals surface area contributed by atoms with E-state index in [2.05, 4.69) is 20.7 Å². The Hall–Kier alpha value is -2.89. The van der Waals surface area contributed by atoms with E-state index in [0.717, 1.165) is 10.8 Å². The van der Waals surface area contributed by atoms with Crippen molar-refractivity contribution in [2.45, 2.75) is 0 Å². The first-order chi connectivity index (χ1) is 10.2. The maximum absolute atomic E-state index is 12.3. The van der Waals surface area contributed by atoms with Crippen LogP contribution in [0.15, 0.2) is 42.7 Å². The molecule has 3 rings (SSSR count). The van der Waals surface area contributed by atoms with Gasteiger partial charge in [0.15, 0.2) is 0 Å². The summed E-state index contributed by atoms with van der Waals surface area (Å²) in [5.74, 6) is 0.426. The molecule has 21 heavy (non-hydrogen) atoms. The highest BCUT2D eigenvalue weighted by Crippen LogP contribution is 2.22.